The minimum atomic E-state index is -0.0659. The molecule has 1 atom stereocenters. The van der Waals surface area contributed by atoms with Crippen LogP contribution in [0.4, 0.5) is 11.5 Å². The highest BCUT2D eigenvalue weighted by Gasteiger charge is 2.23. The van der Waals surface area contributed by atoms with E-state index < -0.39 is 0 Å². The third kappa shape index (κ3) is 6.74. The normalized spacial score (nSPS) is 20.5. The topological polar surface area (TPSA) is 64.6 Å². The summed E-state index contributed by atoms with van der Waals surface area (Å²) in [7, 11) is 2.15. The van der Waals surface area contributed by atoms with Gasteiger partial charge in [0.1, 0.15) is 5.82 Å². The molecule has 0 saturated carbocycles. The quantitative estimate of drug-likeness (QED) is 0.413. The number of anilines is 2. The van der Waals surface area contributed by atoms with Gasteiger partial charge in [-0.15, -0.1) is 0 Å². The SMILES string of the molecule is CC1C=C(C(=O)Nc2ccnc(N3CCN(C)CC3)c2)c2cc(-c3cncc(CN4CCC(C)CC4)c3)ccc2CC1. The van der Waals surface area contributed by atoms with Crippen LogP contribution in [-0.4, -0.2) is 72.0 Å². The first-order valence-corrected chi connectivity index (χ1v) is 15.6. The Hall–Kier alpha value is -3.55. The molecule has 6 rings (SSSR count). The minimum Gasteiger partial charge on any atom is -0.354 e. The number of benzene rings is 1. The third-order valence-corrected chi connectivity index (χ3v) is 9.21. The molecular formula is C35H44N6O. The Balaban J connectivity index is 1.23. The number of carbonyl (C=O) groups is 1. The van der Waals surface area contributed by atoms with Crippen molar-refractivity contribution in [3.05, 3.63) is 77.8 Å². The molecule has 1 aliphatic carbocycles. The van der Waals surface area contributed by atoms with Crippen LogP contribution in [0.2, 0.25) is 0 Å². The molecule has 1 N–H and O–H groups in total. The number of piperazine rings is 1. The van der Waals surface area contributed by atoms with E-state index in [4.69, 9.17) is 0 Å². The molecule has 2 aromatic heterocycles. The largest absolute Gasteiger partial charge is 0.354 e. The highest BCUT2D eigenvalue weighted by atomic mass is 16.1. The van der Waals surface area contributed by atoms with Crippen LogP contribution in [0.15, 0.2) is 61.1 Å². The number of amides is 1. The number of rotatable bonds is 6. The lowest BCUT2D eigenvalue weighted by atomic mass is 9.93. The fourth-order valence-electron chi connectivity index (χ4n) is 6.38. The van der Waals surface area contributed by atoms with E-state index in [0.29, 0.717) is 5.92 Å². The lowest BCUT2D eigenvalue weighted by molar-refractivity contribution is -0.111. The van der Waals surface area contributed by atoms with Gasteiger partial charge in [0.05, 0.1) is 0 Å². The summed E-state index contributed by atoms with van der Waals surface area (Å²) >= 11 is 0. The maximum absolute atomic E-state index is 13.9. The Labute approximate surface area is 250 Å². The Kier molecular flexibility index (Phi) is 8.68. The Morgan fingerprint density at radius 1 is 0.929 bits per heavy atom. The van der Waals surface area contributed by atoms with Crippen LogP contribution in [0.25, 0.3) is 16.7 Å². The van der Waals surface area contributed by atoms with Gasteiger partial charge in [0.2, 0.25) is 0 Å². The molecule has 1 amide bonds. The van der Waals surface area contributed by atoms with E-state index in [-0.39, 0.29) is 5.91 Å². The van der Waals surface area contributed by atoms with E-state index in [0.717, 1.165) is 98.3 Å². The third-order valence-electron chi connectivity index (χ3n) is 9.21. The molecule has 4 heterocycles. The highest BCUT2D eigenvalue weighted by molar-refractivity contribution is 6.25. The summed E-state index contributed by atoms with van der Waals surface area (Å²) in [5.74, 6) is 1.99. The first kappa shape index (κ1) is 28.6. The van der Waals surface area contributed by atoms with E-state index >= 15 is 0 Å². The predicted molar refractivity (Wildman–Crippen MR) is 171 cm³/mol. The number of allylic oxidation sites excluding steroid dienone is 1. The number of fused-ring (bicyclic) bond motifs is 1. The second kappa shape index (κ2) is 12.8. The number of aromatic nitrogens is 2. The number of likely N-dealkylation sites (N-methyl/N-ethyl adjacent to an activating group) is 1. The summed E-state index contributed by atoms with van der Waals surface area (Å²) in [5, 5.41) is 3.20. The smallest absolute Gasteiger partial charge is 0.255 e. The number of hydrogen-bond donors (Lipinski definition) is 1. The highest BCUT2D eigenvalue weighted by Crippen LogP contribution is 2.33. The number of pyridine rings is 2. The van der Waals surface area contributed by atoms with Gasteiger partial charge in [-0.05, 0) is 98.1 Å². The number of hydrogen-bond acceptors (Lipinski definition) is 6. The molecule has 2 fully saturated rings. The van der Waals surface area contributed by atoms with Crippen molar-refractivity contribution in [1.29, 1.82) is 0 Å². The van der Waals surface area contributed by atoms with E-state index in [9.17, 15) is 4.79 Å². The summed E-state index contributed by atoms with van der Waals surface area (Å²) in [5.41, 5.74) is 7.23. The fraction of sp³-hybridized carbons (Fsp3) is 0.457. The van der Waals surface area contributed by atoms with Crippen LogP contribution in [0.1, 0.15) is 49.8 Å². The van der Waals surface area contributed by atoms with Crippen LogP contribution in [0.3, 0.4) is 0 Å². The Bertz CT molecular complexity index is 1430. The van der Waals surface area contributed by atoms with E-state index in [1.54, 1.807) is 6.20 Å². The molecule has 1 aromatic carbocycles. The van der Waals surface area contributed by atoms with Crippen molar-refractivity contribution in [1.82, 2.24) is 19.8 Å². The van der Waals surface area contributed by atoms with Crippen molar-refractivity contribution >= 4 is 23.0 Å². The van der Waals surface area contributed by atoms with Gasteiger partial charge in [0.15, 0.2) is 0 Å². The first-order chi connectivity index (χ1) is 20.4. The average molecular weight is 565 g/mol. The van der Waals surface area contributed by atoms with Crippen LogP contribution in [0, 0.1) is 11.8 Å². The number of nitrogens with one attached hydrogen (secondary N) is 1. The van der Waals surface area contributed by atoms with Crippen LogP contribution in [0.5, 0.6) is 0 Å². The molecule has 220 valence electrons. The number of carbonyl (C=O) groups excluding carboxylic acids is 1. The van der Waals surface area contributed by atoms with Crippen molar-refractivity contribution in [3.63, 3.8) is 0 Å². The van der Waals surface area contributed by atoms with Gasteiger partial charge in [-0.25, -0.2) is 4.98 Å². The van der Waals surface area contributed by atoms with E-state index in [1.165, 1.54) is 24.0 Å². The van der Waals surface area contributed by atoms with Crippen molar-refractivity contribution < 1.29 is 4.79 Å². The molecule has 42 heavy (non-hydrogen) atoms. The number of piperidine rings is 1. The van der Waals surface area contributed by atoms with Gasteiger partial charge in [0.25, 0.3) is 5.91 Å². The van der Waals surface area contributed by atoms with Gasteiger partial charge in [0, 0.05) is 74.2 Å². The summed E-state index contributed by atoms with van der Waals surface area (Å²) in [6, 6.07) is 12.8. The molecule has 0 radical (unpaired) electrons. The van der Waals surface area contributed by atoms with Crippen molar-refractivity contribution in [2.45, 2.75) is 46.1 Å². The van der Waals surface area contributed by atoms with E-state index in [2.05, 4.69) is 81.2 Å². The molecule has 1 unspecified atom stereocenters. The maximum atomic E-state index is 13.9. The summed E-state index contributed by atoms with van der Waals surface area (Å²) < 4.78 is 0. The molecular weight excluding hydrogens is 520 g/mol. The number of aryl methyl sites for hydroxylation is 1. The fourth-order valence-corrected chi connectivity index (χ4v) is 6.38. The zero-order valence-corrected chi connectivity index (χ0v) is 25.4. The molecule has 2 saturated heterocycles. The van der Waals surface area contributed by atoms with Crippen LogP contribution in [-0.2, 0) is 17.8 Å². The monoisotopic (exact) mass is 564 g/mol. The van der Waals surface area contributed by atoms with Crippen molar-refractivity contribution in [2.75, 3.05) is 56.5 Å². The number of likely N-dealkylation sites (tertiary alicyclic amines) is 1. The zero-order chi connectivity index (χ0) is 29.1. The van der Waals surface area contributed by atoms with Crippen molar-refractivity contribution in [3.8, 4) is 11.1 Å². The lowest BCUT2D eigenvalue weighted by Crippen LogP contribution is -2.44. The molecule has 0 bridgehead atoms. The molecule has 2 aliphatic heterocycles. The molecule has 7 heteroatoms. The zero-order valence-electron chi connectivity index (χ0n) is 25.4. The van der Waals surface area contributed by atoms with Gasteiger partial charge in [-0.3, -0.25) is 14.7 Å². The molecule has 7 nitrogen and oxygen atoms in total. The standard InChI is InChI=1S/C35H44N6O/c1-25-9-12-40(13-10-25)24-27-19-30(23-36-22-27)29-7-6-28-5-4-26(2)18-33(32(28)20-29)35(42)38-31-8-11-37-34(21-31)41-16-14-39(3)15-17-41/h6-8,11,18-23,25-26H,4-5,9-10,12-17,24H2,1-3H3,(H,37,38,42). The number of nitrogens with zero attached hydrogens (tertiary/aromatic N) is 5. The van der Waals surface area contributed by atoms with Gasteiger partial charge in [-0.2, -0.15) is 0 Å². The Morgan fingerprint density at radius 2 is 1.74 bits per heavy atom. The predicted octanol–water partition coefficient (Wildman–Crippen LogP) is 5.73. The second-order valence-corrected chi connectivity index (χ2v) is 12.7. The molecule has 3 aliphatic rings. The minimum absolute atomic E-state index is 0.0659. The first-order valence-electron chi connectivity index (χ1n) is 15.6. The van der Waals surface area contributed by atoms with Crippen molar-refractivity contribution in [2.24, 2.45) is 11.8 Å². The summed E-state index contributed by atoms with van der Waals surface area (Å²) in [6.45, 7) is 11.7. The lowest BCUT2D eigenvalue weighted by Gasteiger charge is -2.33. The second-order valence-electron chi connectivity index (χ2n) is 12.7. The van der Waals surface area contributed by atoms with Crippen LogP contribution < -0.4 is 10.2 Å². The Morgan fingerprint density at radius 3 is 2.55 bits per heavy atom. The average Bonchev–Trinajstić information content (AvgIpc) is 3.17. The summed E-state index contributed by atoms with van der Waals surface area (Å²) in [6.07, 6.45) is 12.4. The van der Waals surface area contributed by atoms with E-state index in [1.807, 2.05) is 24.5 Å². The molecule has 0 spiro atoms. The molecule has 3 aromatic rings. The van der Waals surface area contributed by atoms with Gasteiger partial charge in [-0.1, -0.05) is 32.1 Å². The van der Waals surface area contributed by atoms with Gasteiger partial charge >= 0.3 is 0 Å². The summed E-state index contributed by atoms with van der Waals surface area (Å²) in [4.78, 5) is 30.2. The maximum Gasteiger partial charge on any atom is 0.255 e. The van der Waals surface area contributed by atoms with Gasteiger partial charge < -0.3 is 15.1 Å². The van der Waals surface area contributed by atoms with Crippen LogP contribution >= 0.6 is 0 Å².